The molecule has 2 aliphatic rings. The Hall–Kier alpha value is -1.53. The average Bonchev–Trinajstić information content (AvgIpc) is 3.08. The highest BCUT2D eigenvalue weighted by Crippen LogP contribution is 2.47. The van der Waals surface area contributed by atoms with Crippen molar-refractivity contribution in [3.8, 4) is 0 Å². The highest BCUT2D eigenvalue weighted by molar-refractivity contribution is 7.99. The van der Waals surface area contributed by atoms with E-state index in [1.54, 1.807) is 16.7 Å². The molecule has 124 valence electrons. The third-order valence-corrected chi connectivity index (χ3v) is 5.37. The van der Waals surface area contributed by atoms with Gasteiger partial charge in [0.15, 0.2) is 0 Å². The van der Waals surface area contributed by atoms with Crippen molar-refractivity contribution in [1.29, 1.82) is 0 Å². The van der Waals surface area contributed by atoms with Crippen LogP contribution in [0, 0.1) is 0 Å². The maximum atomic E-state index is 12.6. The van der Waals surface area contributed by atoms with Gasteiger partial charge in [0.1, 0.15) is 11.4 Å². The summed E-state index contributed by atoms with van der Waals surface area (Å²) in [6, 6.07) is 7.26. The molecule has 1 aromatic carbocycles. The standard InChI is InChI=1S/C17H22N2O3S/c1-11(2)22-9-5-8-18-15(20)14-10-23-17-13-7-4-3-6-12(13)16(21)19(14)17/h3-4,6-7,11,14,17H,5,8-10H2,1-2H3,(H,18,20)/t14-,17?/m0/s1. The molecule has 2 heterocycles. The van der Waals surface area contributed by atoms with Gasteiger partial charge in [-0.2, -0.15) is 0 Å². The van der Waals surface area contributed by atoms with Gasteiger partial charge in [0.2, 0.25) is 5.91 Å². The number of nitrogens with zero attached hydrogens (tertiary/aromatic N) is 1. The number of ether oxygens (including phenoxy) is 1. The first-order chi connectivity index (χ1) is 11.1. The summed E-state index contributed by atoms with van der Waals surface area (Å²) >= 11 is 1.66. The number of hydrogen-bond acceptors (Lipinski definition) is 4. The molecule has 0 spiro atoms. The van der Waals surface area contributed by atoms with E-state index in [4.69, 9.17) is 4.74 Å². The Morgan fingerprint density at radius 2 is 2.22 bits per heavy atom. The predicted octanol–water partition coefficient (Wildman–Crippen LogP) is 2.19. The summed E-state index contributed by atoms with van der Waals surface area (Å²) in [5.74, 6) is 0.559. The maximum absolute atomic E-state index is 12.6. The van der Waals surface area contributed by atoms with Gasteiger partial charge in [0.05, 0.1) is 6.10 Å². The Labute approximate surface area is 140 Å². The van der Waals surface area contributed by atoms with E-state index in [0.717, 1.165) is 17.5 Å². The lowest BCUT2D eigenvalue weighted by Gasteiger charge is -2.22. The summed E-state index contributed by atoms with van der Waals surface area (Å²) in [6.07, 6.45) is 0.986. The molecule has 1 fully saturated rings. The van der Waals surface area contributed by atoms with Crippen molar-refractivity contribution in [3.63, 3.8) is 0 Å². The minimum absolute atomic E-state index is 0.0151. The fourth-order valence-electron chi connectivity index (χ4n) is 2.96. The topological polar surface area (TPSA) is 58.6 Å². The quantitative estimate of drug-likeness (QED) is 0.810. The highest BCUT2D eigenvalue weighted by atomic mass is 32.2. The molecule has 2 atom stereocenters. The van der Waals surface area contributed by atoms with E-state index < -0.39 is 0 Å². The lowest BCUT2D eigenvalue weighted by Crippen LogP contribution is -2.46. The van der Waals surface area contributed by atoms with Crippen LogP contribution in [0.1, 0.15) is 41.6 Å². The van der Waals surface area contributed by atoms with Gasteiger partial charge in [-0.1, -0.05) is 18.2 Å². The summed E-state index contributed by atoms with van der Waals surface area (Å²) in [5.41, 5.74) is 1.76. The predicted molar refractivity (Wildman–Crippen MR) is 90.3 cm³/mol. The fraction of sp³-hybridized carbons (Fsp3) is 0.529. The Morgan fingerprint density at radius 1 is 1.43 bits per heavy atom. The highest BCUT2D eigenvalue weighted by Gasteiger charge is 2.48. The molecule has 3 rings (SSSR count). The second kappa shape index (κ2) is 6.93. The number of benzene rings is 1. The molecule has 23 heavy (non-hydrogen) atoms. The zero-order valence-corrected chi connectivity index (χ0v) is 14.3. The van der Waals surface area contributed by atoms with Gasteiger partial charge in [-0.05, 0) is 31.9 Å². The van der Waals surface area contributed by atoms with Crippen LogP contribution in [0.2, 0.25) is 0 Å². The normalized spacial score (nSPS) is 22.4. The van der Waals surface area contributed by atoms with Crippen LogP contribution in [0.4, 0.5) is 0 Å². The second-order valence-electron chi connectivity index (χ2n) is 6.07. The van der Waals surface area contributed by atoms with E-state index in [1.165, 1.54) is 0 Å². The van der Waals surface area contributed by atoms with Crippen molar-refractivity contribution < 1.29 is 14.3 Å². The van der Waals surface area contributed by atoms with Crippen molar-refractivity contribution in [2.24, 2.45) is 0 Å². The van der Waals surface area contributed by atoms with Crippen molar-refractivity contribution in [1.82, 2.24) is 10.2 Å². The first-order valence-corrected chi connectivity index (χ1v) is 9.07. The number of thioether (sulfide) groups is 1. The molecule has 0 bridgehead atoms. The van der Waals surface area contributed by atoms with Crippen LogP contribution in [0.3, 0.4) is 0 Å². The van der Waals surface area contributed by atoms with Crippen LogP contribution in [-0.4, -0.2) is 47.8 Å². The minimum Gasteiger partial charge on any atom is -0.379 e. The molecule has 5 nitrogen and oxygen atoms in total. The molecule has 0 aromatic heterocycles. The van der Waals surface area contributed by atoms with Crippen LogP contribution < -0.4 is 5.32 Å². The molecule has 0 saturated carbocycles. The van der Waals surface area contributed by atoms with Gasteiger partial charge < -0.3 is 15.0 Å². The van der Waals surface area contributed by atoms with Crippen molar-refractivity contribution in [2.45, 2.75) is 37.8 Å². The number of carbonyl (C=O) groups excluding carboxylic acids is 2. The summed E-state index contributed by atoms with van der Waals surface area (Å²) in [4.78, 5) is 26.7. The second-order valence-corrected chi connectivity index (χ2v) is 7.18. The lowest BCUT2D eigenvalue weighted by molar-refractivity contribution is -0.124. The fourth-order valence-corrected chi connectivity index (χ4v) is 4.43. The molecule has 2 amide bonds. The molecular weight excluding hydrogens is 312 g/mol. The van der Waals surface area contributed by atoms with Gasteiger partial charge in [-0.3, -0.25) is 9.59 Å². The molecular formula is C17H22N2O3S. The monoisotopic (exact) mass is 334 g/mol. The molecule has 0 radical (unpaired) electrons. The van der Waals surface area contributed by atoms with E-state index >= 15 is 0 Å². The largest absolute Gasteiger partial charge is 0.379 e. The molecule has 2 aliphatic heterocycles. The molecule has 1 unspecified atom stereocenters. The zero-order chi connectivity index (χ0) is 16.4. The van der Waals surface area contributed by atoms with Gasteiger partial charge in [-0.25, -0.2) is 0 Å². The van der Waals surface area contributed by atoms with Gasteiger partial charge in [0.25, 0.3) is 5.91 Å². The van der Waals surface area contributed by atoms with E-state index in [9.17, 15) is 9.59 Å². The van der Waals surface area contributed by atoms with Crippen LogP contribution in [0.25, 0.3) is 0 Å². The van der Waals surface area contributed by atoms with Gasteiger partial charge >= 0.3 is 0 Å². The van der Waals surface area contributed by atoms with Crippen LogP contribution in [0.15, 0.2) is 24.3 Å². The minimum atomic E-state index is -0.379. The Balaban J connectivity index is 1.56. The van der Waals surface area contributed by atoms with E-state index in [-0.39, 0.29) is 29.3 Å². The number of carbonyl (C=O) groups is 2. The van der Waals surface area contributed by atoms with Crippen LogP contribution in [-0.2, 0) is 9.53 Å². The number of fused-ring (bicyclic) bond motifs is 3. The first kappa shape index (κ1) is 16.3. The third-order valence-electron chi connectivity index (χ3n) is 4.07. The number of amides is 2. The SMILES string of the molecule is CC(C)OCCCNC(=O)[C@@H]1CSC2c3ccccc3C(=O)N21. The molecule has 6 heteroatoms. The summed E-state index contributed by atoms with van der Waals surface area (Å²) in [5, 5.41) is 2.92. The van der Waals surface area contributed by atoms with Gasteiger partial charge in [0, 0.05) is 24.5 Å². The van der Waals surface area contributed by atoms with Crippen molar-refractivity contribution in [2.75, 3.05) is 18.9 Å². The Bertz CT molecular complexity index is 605. The summed E-state index contributed by atoms with van der Waals surface area (Å²) in [7, 11) is 0. The zero-order valence-electron chi connectivity index (χ0n) is 13.5. The van der Waals surface area contributed by atoms with E-state index in [0.29, 0.717) is 18.9 Å². The third kappa shape index (κ3) is 3.23. The molecule has 1 aromatic rings. The first-order valence-electron chi connectivity index (χ1n) is 8.02. The number of hydrogen-bond donors (Lipinski definition) is 1. The number of rotatable bonds is 6. The number of nitrogens with one attached hydrogen (secondary N) is 1. The molecule has 1 N–H and O–H groups in total. The van der Waals surface area contributed by atoms with E-state index in [2.05, 4.69) is 5.32 Å². The molecule has 1 saturated heterocycles. The van der Waals surface area contributed by atoms with Crippen LogP contribution >= 0.6 is 11.8 Å². The van der Waals surface area contributed by atoms with Crippen molar-refractivity contribution >= 4 is 23.6 Å². The Kier molecular flexibility index (Phi) is 4.92. The average molecular weight is 334 g/mol. The molecule has 0 aliphatic carbocycles. The Morgan fingerprint density at radius 3 is 3.00 bits per heavy atom. The summed E-state index contributed by atoms with van der Waals surface area (Å²) in [6.45, 7) is 5.19. The van der Waals surface area contributed by atoms with Gasteiger partial charge in [-0.15, -0.1) is 11.8 Å². The maximum Gasteiger partial charge on any atom is 0.256 e. The smallest absolute Gasteiger partial charge is 0.256 e. The summed E-state index contributed by atoms with van der Waals surface area (Å²) < 4.78 is 5.46. The van der Waals surface area contributed by atoms with Crippen molar-refractivity contribution in [3.05, 3.63) is 35.4 Å². The van der Waals surface area contributed by atoms with E-state index in [1.807, 2.05) is 38.1 Å². The lowest BCUT2D eigenvalue weighted by atomic mass is 10.1. The van der Waals surface area contributed by atoms with Crippen LogP contribution in [0.5, 0.6) is 0 Å².